The number of hydrogen-bond acceptors (Lipinski definition) is 8. The zero-order chi connectivity index (χ0) is 27.2. The summed E-state index contributed by atoms with van der Waals surface area (Å²) in [5, 5.41) is 2.77. The SMILES string of the molecule is COc1ccc(C2OCC(C)(C)C(C(=O)OC(CC(N)=O)C(=O)NCC3CCN(C(C)=O)CC3)O2)cc1. The van der Waals surface area contributed by atoms with Gasteiger partial charge in [-0.15, -0.1) is 0 Å². The quantitative estimate of drug-likeness (QED) is 0.464. The summed E-state index contributed by atoms with van der Waals surface area (Å²) >= 11 is 0. The van der Waals surface area contributed by atoms with Crippen molar-refractivity contribution in [2.75, 3.05) is 33.4 Å². The van der Waals surface area contributed by atoms with Crippen LogP contribution in [0.3, 0.4) is 0 Å². The number of amides is 3. The number of primary amides is 1. The minimum Gasteiger partial charge on any atom is -0.497 e. The van der Waals surface area contributed by atoms with E-state index in [2.05, 4.69) is 5.32 Å². The fraction of sp³-hybridized carbons (Fsp3) is 0.615. The second-order valence-corrected chi connectivity index (χ2v) is 10.2. The summed E-state index contributed by atoms with van der Waals surface area (Å²) < 4.78 is 22.5. The van der Waals surface area contributed by atoms with Crippen molar-refractivity contribution < 1.29 is 38.1 Å². The molecule has 1 aromatic carbocycles. The number of likely N-dealkylation sites (tertiary alicyclic amines) is 1. The highest BCUT2D eigenvalue weighted by Crippen LogP contribution is 2.37. The first-order valence-corrected chi connectivity index (χ1v) is 12.4. The molecule has 3 rings (SSSR count). The number of carbonyl (C=O) groups excluding carboxylic acids is 4. The van der Waals surface area contributed by atoms with E-state index in [4.69, 9.17) is 24.7 Å². The Balaban J connectivity index is 1.62. The van der Waals surface area contributed by atoms with Crippen LogP contribution < -0.4 is 15.8 Å². The van der Waals surface area contributed by atoms with Crippen molar-refractivity contribution in [2.45, 2.75) is 58.5 Å². The second-order valence-electron chi connectivity index (χ2n) is 10.2. The van der Waals surface area contributed by atoms with Gasteiger partial charge in [-0.1, -0.05) is 26.0 Å². The van der Waals surface area contributed by atoms with E-state index in [1.807, 2.05) is 0 Å². The van der Waals surface area contributed by atoms with Gasteiger partial charge in [-0.25, -0.2) is 4.79 Å². The fourth-order valence-corrected chi connectivity index (χ4v) is 4.41. The number of nitrogens with two attached hydrogens (primary N) is 1. The van der Waals surface area contributed by atoms with Gasteiger partial charge in [0.15, 0.2) is 18.5 Å². The van der Waals surface area contributed by atoms with E-state index >= 15 is 0 Å². The average Bonchev–Trinajstić information content (AvgIpc) is 2.86. The maximum atomic E-state index is 13.2. The van der Waals surface area contributed by atoms with Gasteiger partial charge in [0, 0.05) is 37.5 Å². The number of hydrogen-bond donors (Lipinski definition) is 2. The molecule has 0 bridgehead atoms. The normalized spacial score (nSPS) is 22.5. The van der Waals surface area contributed by atoms with Crippen LogP contribution >= 0.6 is 0 Å². The molecule has 0 aliphatic carbocycles. The lowest BCUT2D eigenvalue weighted by molar-refractivity contribution is -0.267. The lowest BCUT2D eigenvalue weighted by Crippen LogP contribution is -2.51. The number of ether oxygens (including phenoxy) is 4. The molecule has 2 fully saturated rings. The molecule has 3 amide bonds. The molecule has 1 aromatic rings. The van der Waals surface area contributed by atoms with Gasteiger partial charge >= 0.3 is 5.97 Å². The molecule has 0 radical (unpaired) electrons. The van der Waals surface area contributed by atoms with Gasteiger partial charge in [0.2, 0.25) is 11.8 Å². The Morgan fingerprint density at radius 3 is 2.38 bits per heavy atom. The molecular weight excluding hydrogens is 482 g/mol. The van der Waals surface area contributed by atoms with Crippen LogP contribution in [0.15, 0.2) is 24.3 Å². The number of nitrogens with one attached hydrogen (secondary N) is 1. The molecule has 11 heteroatoms. The van der Waals surface area contributed by atoms with Crippen LogP contribution in [0, 0.1) is 11.3 Å². The maximum absolute atomic E-state index is 13.2. The lowest BCUT2D eigenvalue weighted by Gasteiger charge is -2.40. The first-order chi connectivity index (χ1) is 17.5. The molecule has 2 aliphatic heterocycles. The molecule has 3 N–H and O–H groups in total. The standard InChI is InChI=1S/C26H37N3O8/c1-16(30)29-11-9-17(10-12-29)14-28-23(32)20(13-21(27)31)36-24(33)22-26(2,3)15-35-25(37-22)18-5-7-19(34-4)8-6-18/h5-8,17,20,22,25H,9-15H2,1-4H3,(H2,27,31)(H,28,32). The number of esters is 1. The van der Waals surface area contributed by atoms with Gasteiger partial charge < -0.3 is 34.9 Å². The smallest absolute Gasteiger partial charge is 0.336 e. The van der Waals surface area contributed by atoms with Crippen LogP contribution in [0.4, 0.5) is 0 Å². The molecule has 37 heavy (non-hydrogen) atoms. The second kappa shape index (κ2) is 12.4. The summed E-state index contributed by atoms with van der Waals surface area (Å²) in [7, 11) is 1.56. The van der Waals surface area contributed by atoms with Crippen molar-refractivity contribution in [3.8, 4) is 5.75 Å². The average molecular weight is 520 g/mol. The van der Waals surface area contributed by atoms with Crippen LogP contribution in [0.25, 0.3) is 0 Å². The molecule has 2 aliphatic rings. The minimum atomic E-state index is -1.39. The monoisotopic (exact) mass is 519 g/mol. The minimum absolute atomic E-state index is 0.0309. The summed E-state index contributed by atoms with van der Waals surface area (Å²) in [6.07, 6.45) is -2.21. The molecule has 0 saturated carbocycles. The summed E-state index contributed by atoms with van der Waals surface area (Å²) in [5.41, 5.74) is 5.27. The van der Waals surface area contributed by atoms with Crippen molar-refractivity contribution in [1.82, 2.24) is 10.2 Å². The van der Waals surface area contributed by atoms with Crippen molar-refractivity contribution in [1.29, 1.82) is 0 Å². The molecule has 11 nitrogen and oxygen atoms in total. The summed E-state index contributed by atoms with van der Waals surface area (Å²) in [6, 6.07) is 7.06. The van der Waals surface area contributed by atoms with E-state index in [1.54, 1.807) is 50.1 Å². The first kappa shape index (κ1) is 28.4. The summed E-state index contributed by atoms with van der Waals surface area (Å²) in [6.45, 7) is 6.92. The molecule has 0 aromatic heterocycles. The van der Waals surface area contributed by atoms with Gasteiger partial charge in [-0.05, 0) is 30.9 Å². The molecule has 0 spiro atoms. The topological polar surface area (TPSA) is 146 Å². The number of benzene rings is 1. The number of methoxy groups -OCH3 is 1. The largest absolute Gasteiger partial charge is 0.497 e. The van der Waals surface area contributed by atoms with Gasteiger partial charge in [0.25, 0.3) is 5.91 Å². The van der Waals surface area contributed by atoms with Crippen LogP contribution in [-0.2, 0) is 33.4 Å². The Morgan fingerprint density at radius 2 is 1.81 bits per heavy atom. The van der Waals surface area contributed by atoms with E-state index < -0.39 is 48.1 Å². The van der Waals surface area contributed by atoms with E-state index in [1.165, 1.54) is 6.92 Å². The number of rotatable bonds is 9. The molecule has 3 unspecified atom stereocenters. The van der Waals surface area contributed by atoms with Crippen LogP contribution in [0.1, 0.15) is 51.9 Å². The van der Waals surface area contributed by atoms with Gasteiger partial charge in [-0.3, -0.25) is 14.4 Å². The highest BCUT2D eigenvalue weighted by Gasteiger charge is 2.45. The Bertz CT molecular complexity index is 973. The van der Waals surface area contributed by atoms with Crippen LogP contribution in [0.2, 0.25) is 0 Å². The summed E-state index contributed by atoms with van der Waals surface area (Å²) in [5.74, 6) is -1.27. The lowest BCUT2D eigenvalue weighted by atomic mass is 9.86. The first-order valence-electron chi connectivity index (χ1n) is 12.4. The number of nitrogens with zero attached hydrogens (tertiary/aromatic N) is 1. The third-order valence-electron chi connectivity index (χ3n) is 6.74. The predicted octanol–water partition coefficient (Wildman–Crippen LogP) is 1.30. The van der Waals surface area contributed by atoms with Crippen molar-refractivity contribution in [3.05, 3.63) is 29.8 Å². The van der Waals surface area contributed by atoms with E-state index in [-0.39, 0.29) is 18.4 Å². The highest BCUT2D eigenvalue weighted by molar-refractivity contribution is 5.89. The molecule has 3 atom stereocenters. The number of carbonyl (C=O) groups is 4. The Kier molecular flexibility index (Phi) is 9.50. The van der Waals surface area contributed by atoms with Crippen molar-refractivity contribution in [3.63, 3.8) is 0 Å². The van der Waals surface area contributed by atoms with Crippen LogP contribution in [-0.4, -0.2) is 74.1 Å². The molecule has 204 valence electrons. The van der Waals surface area contributed by atoms with E-state index in [0.29, 0.717) is 30.9 Å². The predicted molar refractivity (Wildman–Crippen MR) is 132 cm³/mol. The summed E-state index contributed by atoms with van der Waals surface area (Å²) in [4.78, 5) is 51.0. The maximum Gasteiger partial charge on any atom is 0.336 e. The van der Waals surface area contributed by atoms with Gasteiger partial charge in [-0.2, -0.15) is 0 Å². The highest BCUT2D eigenvalue weighted by atomic mass is 16.7. The third kappa shape index (κ3) is 7.65. The van der Waals surface area contributed by atoms with E-state index in [0.717, 1.165) is 12.8 Å². The van der Waals surface area contributed by atoms with Crippen molar-refractivity contribution >= 4 is 23.7 Å². The Labute approximate surface area is 216 Å². The molecule has 2 heterocycles. The zero-order valence-corrected chi connectivity index (χ0v) is 21.9. The molecular formula is C26H37N3O8. The fourth-order valence-electron chi connectivity index (χ4n) is 4.41. The van der Waals surface area contributed by atoms with Crippen molar-refractivity contribution in [2.24, 2.45) is 17.1 Å². The third-order valence-corrected chi connectivity index (χ3v) is 6.74. The Hall–Kier alpha value is -3.18. The number of piperidine rings is 1. The van der Waals surface area contributed by atoms with E-state index in [9.17, 15) is 19.2 Å². The van der Waals surface area contributed by atoms with Crippen LogP contribution in [0.5, 0.6) is 5.75 Å². The zero-order valence-electron chi connectivity index (χ0n) is 21.9. The van der Waals surface area contributed by atoms with Gasteiger partial charge in [0.05, 0.1) is 20.1 Å². The Morgan fingerprint density at radius 1 is 1.16 bits per heavy atom. The molecule has 2 saturated heterocycles. The van der Waals surface area contributed by atoms with Gasteiger partial charge in [0.1, 0.15) is 5.75 Å².